The minimum atomic E-state index is -4.49. The molecule has 0 aliphatic carbocycles. The second-order valence-electron chi connectivity index (χ2n) is 9.17. The monoisotopic (exact) mass is 546 g/mol. The number of aromatic hydroxyl groups is 1. The first-order valence-electron chi connectivity index (χ1n) is 12.4. The van der Waals surface area contributed by atoms with Crippen molar-refractivity contribution in [3.05, 3.63) is 99.6 Å². The average Bonchev–Trinajstić information content (AvgIpc) is 2.93. The smallest absolute Gasteiger partial charge is 0.296 e. The molecule has 0 radical (unpaired) electrons. The van der Waals surface area contributed by atoms with E-state index in [0.29, 0.717) is 40.7 Å². The maximum Gasteiger partial charge on any atom is 0.296 e. The number of unbranched alkanes of at least 4 members (excludes halogenated alkanes) is 1. The van der Waals surface area contributed by atoms with E-state index in [-0.39, 0.29) is 10.7 Å². The summed E-state index contributed by atoms with van der Waals surface area (Å²) < 4.78 is 42.6. The van der Waals surface area contributed by atoms with Crippen molar-refractivity contribution >= 4 is 9.84 Å². The van der Waals surface area contributed by atoms with Gasteiger partial charge in [0.15, 0.2) is 4.90 Å². The second-order valence-corrected chi connectivity index (χ2v) is 11.1. The number of nitriles is 1. The first-order valence-corrected chi connectivity index (χ1v) is 13.9. The van der Waals surface area contributed by atoms with Crippen LogP contribution in [0.2, 0.25) is 0 Å². The van der Waals surface area contributed by atoms with E-state index in [0.717, 1.165) is 6.42 Å². The van der Waals surface area contributed by atoms with Crippen LogP contribution in [0.5, 0.6) is 5.88 Å². The number of hydrogen-bond acceptors (Lipinski definition) is 7. The lowest BCUT2D eigenvalue weighted by Gasteiger charge is -2.23. The van der Waals surface area contributed by atoms with Crippen LogP contribution in [0.25, 0.3) is 11.1 Å². The summed E-state index contributed by atoms with van der Waals surface area (Å²) in [5, 5.41) is 20.6. The molecule has 39 heavy (non-hydrogen) atoms. The number of hydrogen-bond donors (Lipinski definition) is 1. The lowest BCUT2D eigenvalue weighted by Crippen LogP contribution is -2.27. The molecule has 2 heterocycles. The second kappa shape index (κ2) is 11.2. The number of rotatable bonds is 8. The molecule has 0 aliphatic rings. The summed E-state index contributed by atoms with van der Waals surface area (Å²) in [5.41, 5.74) is 1.42. The summed E-state index contributed by atoms with van der Waals surface area (Å²) >= 11 is 0. The van der Waals surface area contributed by atoms with Crippen molar-refractivity contribution in [2.75, 3.05) is 0 Å². The maximum absolute atomic E-state index is 13.9. The number of aromatic nitrogens is 3. The van der Waals surface area contributed by atoms with E-state index in [1.807, 2.05) is 6.92 Å². The van der Waals surface area contributed by atoms with Crippen LogP contribution in [0.4, 0.5) is 4.39 Å². The Morgan fingerprint density at radius 1 is 1.15 bits per heavy atom. The SMILES string of the molecule is CCCCc1nc(=O)c(S(=O)(=O)c2ccc(-c3ccnc(F)c3C)cc2)c(O)n1[C@H](C)c1cccc(C#N)c1. The van der Waals surface area contributed by atoms with E-state index >= 15 is 0 Å². The van der Waals surface area contributed by atoms with E-state index in [1.165, 1.54) is 35.0 Å². The Labute approximate surface area is 226 Å². The van der Waals surface area contributed by atoms with E-state index in [1.54, 1.807) is 44.2 Å². The number of benzene rings is 2. The zero-order chi connectivity index (χ0) is 28.3. The molecule has 2 aromatic carbocycles. The van der Waals surface area contributed by atoms with E-state index in [2.05, 4.69) is 16.0 Å². The predicted molar refractivity (Wildman–Crippen MR) is 144 cm³/mol. The van der Waals surface area contributed by atoms with Crippen LogP contribution in [0.15, 0.2) is 75.4 Å². The third-order valence-corrected chi connectivity index (χ3v) is 8.45. The van der Waals surface area contributed by atoms with Crippen LogP contribution in [0.3, 0.4) is 0 Å². The highest BCUT2D eigenvalue weighted by Gasteiger charge is 2.31. The zero-order valence-electron chi connectivity index (χ0n) is 21.7. The van der Waals surface area contributed by atoms with Crippen molar-refractivity contribution in [1.29, 1.82) is 5.26 Å². The van der Waals surface area contributed by atoms with Gasteiger partial charge in [-0.15, -0.1) is 0 Å². The Balaban J connectivity index is 1.85. The molecule has 0 amide bonds. The summed E-state index contributed by atoms with van der Waals surface area (Å²) in [5.74, 6) is -1.09. The van der Waals surface area contributed by atoms with Crippen molar-refractivity contribution < 1.29 is 17.9 Å². The van der Waals surface area contributed by atoms with Gasteiger partial charge in [0.25, 0.3) is 5.56 Å². The number of aryl methyl sites for hydroxylation is 1. The van der Waals surface area contributed by atoms with Crippen LogP contribution in [0.1, 0.15) is 55.2 Å². The third kappa shape index (κ3) is 5.31. The Kier molecular flexibility index (Phi) is 7.93. The van der Waals surface area contributed by atoms with Crippen molar-refractivity contribution in [3.63, 3.8) is 0 Å². The molecule has 2 aromatic heterocycles. The number of pyridine rings is 1. The zero-order valence-corrected chi connectivity index (χ0v) is 22.5. The Morgan fingerprint density at radius 2 is 1.87 bits per heavy atom. The van der Waals surface area contributed by atoms with E-state index < -0.39 is 38.2 Å². The van der Waals surface area contributed by atoms with Gasteiger partial charge in [-0.05, 0) is 67.3 Å². The molecule has 0 spiro atoms. The molecule has 0 bridgehead atoms. The molecule has 4 aromatic rings. The van der Waals surface area contributed by atoms with Crippen LogP contribution in [-0.2, 0) is 16.3 Å². The first-order chi connectivity index (χ1) is 18.6. The first kappa shape index (κ1) is 27.7. The lowest BCUT2D eigenvalue weighted by molar-refractivity contribution is 0.369. The van der Waals surface area contributed by atoms with E-state index in [9.17, 15) is 28.0 Å². The molecular weight excluding hydrogens is 519 g/mol. The average molecular weight is 547 g/mol. The summed E-state index contributed by atoms with van der Waals surface area (Å²) in [6, 6.07) is 15.4. The minimum Gasteiger partial charge on any atom is -0.493 e. The number of sulfone groups is 1. The number of nitrogens with zero attached hydrogens (tertiary/aromatic N) is 4. The fourth-order valence-electron chi connectivity index (χ4n) is 4.47. The van der Waals surface area contributed by atoms with Gasteiger partial charge in [0, 0.05) is 18.2 Å². The van der Waals surface area contributed by atoms with Gasteiger partial charge in [0.2, 0.25) is 21.7 Å². The minimum absolute atomic E-state index is 0.223. The lowest BCUT2D eigenvalue weighted by atomic mass is 10.0. The predicted octanol–water partition coefficient (Wildman–Crippen LogP) is 5.11. The van der Waals surface area contributed by atoms with Gasteiger partial charge in [-0.3, -0.25) is 9.36 Å². The van der Waals surface area contributed by atoms with Crippen LogP contribution in [0, 0.1) is 24.2 Å². The van der Waals surface area contributed by atoms with Crippen molar-refractivity contribution in [3.8, 4) is 23.1 Å². The standard InChI is InChI=1S/C29H27FN4O4S/c1-4-5-9-25-33-28(35)26(29(36)34(25)19(3)22-8-6-7-20(16-22)17-31)39(37,38)23-12-10-21(11-13-23)24-14-15-32-27(30)18(24)2/h6-8,10-16,19,36H,4-5,9H2,1-3H3/t19-/m1/s1. The van der Waals surface area contributed by atoms with Gasteiger partial charge in [-0.1, -0.05) is 37.6 Å². The summed E-state index contributed by atoms with van der Waals surface area (Å²) in [7, 11) is -4.49. The normalized spacial score (nSPS) is 12.2. The Morgan fingerprint density at radius 3 is 2.54 bits per heavy atom. The quantitative estimate of drug-likeness (QED) is 0.304. The fraction of sp³-hybridized carbons (Fsp3) is 0.241. The van der Waals surface area contributed by atoms with Crippen molar-refractivity contribution in [2.45, 2.75) is 55.9 Å². The molecule has 0 fully saturated rings. The number of halogens is 1. The molecule has 1 atom stereocenters. The summed E-state index contributed by atoms with van der Waals surface area (Å²) in [4.78, 5) is 19.7. The molecule has 1 N–H and O–H groups in total. The molecule has 0 saturated heterocycles. The third-order valence-electron chi connectivity index (χ3n) is 6.66. The molecule has 0 unspecified atom stereocenters. The maximum atomic E-state index is 13.9. The van der Waals surface area contributed by atoms with Gasteiger partial charge < -0.3 is 5.11 Å². The Bertz CT molecular complexity index is 1740. The highest BCUT2D eigenvalue weighted by molar-refractivity contribution is 7.91. The highest BCUT2D eigenvalue weighted by atomic mass is 32.2. The topological polar surface area (TPSA) is 126 Å². The van der Waals surface area contributed by atoms with Gasteiger partial charge in [-0.25, -0.2) is 13.4 Å². The highest BCUT2D eigenvalue weighted by Crippen LogP contribution is 2.33. The molecule has 0 saturated carbocycles. The van der Waals surface area contributed by atoms with Gasteiger partial charge in [0.1, 0.15) is 5.82 Å². The van der Waals surface area contributed by atoms with Crippen LogP contribution < -0.4 is 5.56 Å². The van der Waals surface area contributed by atoms with Crippen molar-refractivity contribution in [1.82, 2.24) is 14.5 Å². The molecule has 200 valence electrons. The van der Waals surface area contributed by atoms with Crippen LogP contribution in [-0.4, -0.2) is 28.1 Å². The van der Waals surface area contributed by atoms with Crippen LogP contribution >= 0.6 is 0 Å². The molecule has 8 nitrogen and oxygen atoms in total. The van der Waals surface area contributed by atoms with Gasteiger partial charge in [0.05, 0.1) is 22.6 Å². The van der Waals surface area contributed by atoms with E-state index in [4.69, 9.17) is 0 Å². The molecule has 10 heteroatoms. The fourth-order valence-corrected chi connectivity index (χ4v) is 5.82. The largest absolute Gasteiger partial charge is 0.493 e. The summed E-state index contributed by atoms with van der Waals surface area (Å²) in [6.45, 7) is 5.27. The summed E-state index contributed by atoms with van der Waals surface area (Å²) in [6.07, 6.45) is 3.13. The molecular formula is C29H27FN4O4S. The Hall–Kier alpha value is -4.36. The van der Waals surface area contributed by atoms with Gasteiger partial charge in [-0.2, -0.15) is 14.6 Å². The molecule has 4 rings (SSSR count). The van der Waals surface area contributed by atoms with Gasteiger partial charge >= 0.3 is 0 Å². The van der Waals surface area contributed by atoms with Crippen molar-refractivity contribution in [2.24, 2.45) is 0 Å². The molecule has 0 aliphatic heterocycles.